The summed E-state index contributed by atoms with van der Waals surface area (Å²) in [6, 6.07) is 5.98. The van der Waals surface area contributed by atoms with Crippen LogP contribution in [0.4, 0.5) is 10.5 Å². The third-order valence-corrected chi connectivity index (χ3v) is 14.0. The monoisotopic (exact) mass is 911 g/mol. The Balaban J connectivity index is 1.77. The first kappa shape index (κ1) is 54.1. The number of aryl methyl sites for hydroxylation is 1. The van der Waals surface area contributed by atoms with Gasteiger partial charge in [-0.2, -0.15) is 0 Å². The fourth-order valence-corrected chi connectivity index (χ4v) is 10.1. The Morgan fingerprint density at radius 2 is 1.66 bits per heavy atom. The molecule has 4 rings (SSSR count). The van der Waals surface area contributed by atoms with Crippen LogP contribution in [0.25, 0.3) is 0 Å². The maximum atomic E-state index is 14.5. The standard InChI is InChI=1S/C47H82N4O13/c1-15-35-47(11,58)39(53)31(7)51(20-19-48-44(56)49-33-18-16-17-26(2)21-33)25-27(3)23-45(9,57)41(64-43-37(52)34(50(12)13)22-28(4)60-43)29(5)38(30(6)42(55)62-35)63-36-24-46(10,59-14)40(54)32(8)61-36/h16-18,21,27-32,34-41,43,52-54,57-58H,15,19-20,22-25H2,1-14H3,(H2,48,49,56)/t27-,28-,29-,30-,31-,32+,34+,35-,36-,37-,38-,39-,40+,41+,43+,45-,46-,47-/m1/s1. The van der Waals surface area contributed by atoms with Crippen molar-refractivity contribution in [3.8, 4) is 0 Å². The van der Waals surface area contributed by atoms with Gasteiger partial charge in [0.1, 0.15) is 30.0 Å². The highest BCUT2D eigenvalue weighted by Gasteiger charge is 2.53. The molecule has 3 saturated heterocycles. The van der Waals surface area contributed by atoms with Gasteiger partial charge in [-0.3, -0.25) is 9.69 Å². The molecule has 0 aliphatic carbocycles. The van der Waals surface area contributed by atoms with Crippen LogP contribution in [0, 0.1) is 24.7 Å². The number of ether oxygens (including phenoxy) is 6. The molecule has 17 heteroatoms. The third kappa shape index (κ3) is 13.1. The van der Waals surface area contributed by atoms with E-state index in [1.807, 2.05) is 62.9 Å². The van der Waals surface area contributed by atoms with Gasteiger partial charge in [-0.25, -0.2) is 4.79 Å². The maximum absolute atomic E-state index is 14.5. The van der Waals surface area contributed by atoms with Crippen molar-refractivity contribution >= 4 is 17.7 Å². The molecule has 0 aromatic heterocycles. The van der Waals surface area contributed by atoms with Crippen molar-refractivity contribution in [3.05, 3.63) is 29.8 Å². The lowest BCUT2D eigenvalue weighted by atomic mass is 9.77. The van der Waals surface area contributed by atoms with E-state index in [2.05, 4.69) is 10.6 Å². The van der Waals surface area contributed by atoms with Crippen molar-refractivity contribution in [1.82, 2.24) is 15.1 Å². The van der Waals surface area contributed by atoms with Gasteiger partial charge in [-0.05, 0) is 112 Å². The Kier molecular flexibility index (Phi) is 19.0. The van der Waals surface area contributed by atoms with Crippen molar-refractivity contribution in [2.75, 3.05) is 46.2 Å². The van der Waals surface area contributed by atoms with Crippen LogP contribution in [-0.4, -0.2) is 178 Å². The number of cyclic esters (lactones) is 1. The average molecular weight is 911 g/mol. The van der Waals surface area contributed by atoms with Crippen LogP contribution in [-0.2, 0) is 33.2 Å². The minimum atomic E-state index is -1.94. The number of carbonyl (C=O) groups excluding carboxylic acids is 2. The molecular formula is C47H82N4O13. The number of nitrogens with one attached hydrogen (secondary N) is 2. The second kappa shape index (κ2) is 22.5. The van der Waals surface area contributed by atoms with Gasteiger partial charge >= 0.3 is 12.0 Å². The Morgan fingerprint density at radius 3 is 2.27 bits per heavy atom. The van der Waals surface area contributed by atoms with Crippen LogP contribution in [0.5, 0.6) is 0 Å². The number of aliphatic hydroxyl groups excluding tert-OH is 3. The van der Waals surface area contributed by atoms with E-state index in [9.17, 15) is 35.1 Å². The van der Waals surface area contributed by atoms with Crippen molar-refractivity contribution in [3.63, 3.8) is 0 Å². The predicted octanol–water partition coefficient (Wildman–Crippen LogP) is 3.40. The smallest absolute Gasteiger partial charge is 0.319 e. The van der Waals surface area contributed by atoms with Crippen molar-refractivity contribution in [2.45, 2.75) is 192 Å². The summed E-state index contributed by atoms with van der Waals surface area (Å²) in [5, 5.41) is 65.5. The summed E-state index contributed by atoms with van der Waals surface area (Å²) in [6.07, 6.45) is -9.14. The molecule has 1 aromatic carbocycles. The summed E-state index contributed by atoms with van der Waals surface area (Å²) < 4.78 is 38.0. The Morgan fingerprint density at radius 1 is 0.984 bits per heavy atom. The van der Waals surface area contributed by atoms with E-state index in [-0.39, 0.29) is 50.4 Å². The molecule has 18 atom stereocenters. The number of hydrogen-bond donors (Lipinski definition) is 7. The number of hydrogen-bond acceptors (Lipinski definition) is 15. The SMILES string of the molecule is CC[C@H]1OC(=O)[C@H](C)[C@H](O[C@@H]2C[C@@](C)(OC)[C@@H](O)[C@H](C)O2)[C@@H](C)[C@H](O[C@@H]2O[C@H](C)C[C@H](N(C)C)[C@H]2O)[C@](C)(O)C[C@@H](C)CN(CCNC(=O)Nc2cccc(C)c2)[C@H](C)[C@@H](O)[C@]1(C)O. The molecule has 368 valence electrons. The highest BCUT2D eigenvalue weighted by Crippen LogP contribution is 2.40. The zero-order valence-corrected chi connectivity index (χ0v) is 40.8. The zero-order chi connectivity index (χ0) is 48.1. The molecule has 0 unspecified atom stereocenters. The van der Waals surface area contributed by atoms with E-state index in [0.29, 0.717) is 18.7 Å². The molecule has 3 aliphatic heterocycles. The second-order valence-corrected chi connectivity index (χ2v) is 20.0. The molecule has 3 aliphatic rings. The molecule has 0 radical (unpaired) electrons. The van der Waals surface area contributed by atoms with Crippen molar-refractivity contribution in [2.24, 2.45) is 17.8 Å². The molecular weight excluding hydrogens is 829 g/mol. The topological polar surface area (TPSA) is 221 Å². The number of anilines is 1. The first-order valence-corrected chi connectivity index (χ1v) is 23.1. The van der Waals surface area contributed by atoms with Gasteiger partial charge in [-0.1, -0.05) is 32.9 Å². The summed E-state index contributed by atoms with van der Waals surface area (Å²) in [5.74, 6) is -2.93. The van der Waals surface area contributed by atoms with Crippen LogP contribution in [0.3, 0.4) is 0 Å². The van der Waals surface area contributed by atoms with E-state index < -0.39 is 102 Å². The summed E-state index contributed by atoms with van der Waals surface area (Å²) in [7, 11) is 5.24. The number of carbonyl (C=O) groups is 2. The summed E-state index contributed by atoms with van der Waals surface area (Å²) in [6.45, 7) is 20.0. The van der Waals surface area contributed by atoms with E-state index in [1.54, 1.807) is 54.5 Å². The fraction of sp³-hybridized carbons (Fsp3) is 0.830. The first-order chi connectivity index (χ1) is 29.8. The number of aliphatic hydroxyl groups is 5. The van der Waals surface area contributed by atoms with Crippen LogP contribution < -0.4 is 10.6 Å². The lowest BCUT2D eigenvalue weighted by molar-refractivity contribution is -0.318. The first-order valence-electron chi connectivity index (χ1n) is 23.1. The number of nitrogens with zero attached hydrogens (tertiary/aromatic N) is 2. The molecule has 0 spiro atoms. The highest BCUT2D eigenvalue weighted by atomic mass is 16.7. The number of urea groups is 1. The van der Waals surface area contributed by atoms with Crippen LogP contribution >= 0.6 is 0 Å². The molecule has 1 aromatic rings. The van der Waals surface area contributed by atoms with Crippen LogP contribution in [0.2, 0.25) is 0 Å². The van der Waals surface area contributed by atoms with Crippen LogP contribution in [0.1, 0.15) is 100 Å². The Labute approximate surface area is 381 Å². The average Bonchev–Trinajstić information content (AvgIpc) is 3.21. The third-order valence-electron chi connectivity index (χ3n) is 14.0. The zero-order valence-electron chi connectivity index (χ0n) is 40.8. The van der Waals surface area contributed by atoms with Crippen LogP contribution in [0.15, 0.2) is 24.3 Å². The number of esters is 1. The Hall–Kier alpha value is -2.52. The number of rotatable bonds is 11. The van der Waals surface area contributed by atoms with Gasteiger partial charge in [0.25, 0.3) is 0 Å². The van der Waals surface area contributed by atoms with Gasteiger partial charge in [0.2, 0.25) is 0 Å². The number of methoxy groups -OCH3 is 1. The number of likely N-dealkylation sites (N-methyl/N-ethyl adjacent to an activating group) is 1. The lowest BCUT2D eigenvalue weighted by Crippen LogP contribution is -2.60. The summed E-state index contributed by atoms with van der Waals surface area (Å²) in [5.41, 5.74) is -3.04. The minimum absolute atomic E-state index is 0.0973. The van der Waals surface area contributed by atoms with Gasteiger partial charge in [0.15, 0.2) is 12.6 Å². The molecule has 3 heterocycles. The quantitative estimate of drug-likeness (QED) is 0.158. The molecule has 7 N–H and O–H groups in total. The molecule has 0 bridgehead atoms. The van der Waals surface area contributed by atoms with E-state index in [1.165, 1.54) is 14.0 Å². The number of benzene rings is 1. The largest absolute Gasteiger partial charge is 0.459 e. The van der Waals surface area contributed by atoms with E-state index in [4.69, 9.17) is 28.4 Å². The van der Waals surface area contributed by atoms with Gasteiger partial charge in [0, 0.05) is 56.9 Å². The van der Waals surface area contributed by atoms with Gasteiger partial charge < -0.3 is 69.5 Å². The molecule has 0 saturated carbocycles. The van der Waals surface area contributed by atoms with Gasteiger partial charge in [0.05, 0.1) is 41.5 Å². The highest BCUT2D eigenvalue weighted by molar-refractivity contribution is 5.89. The van der Waals surface area contributed by atoms with E-state index >= 15 is 0 Å². The summed E-state index contributed by atoms with van der Waals surface area (Å²) in [4.78, 5) is 31.3. The second-order valence-electron chi connectivity index (χ2n) is 20.0. The molecule has 64 heavy (non-hydrogen) atoms. The van der Waals surface area contributed by atoms with E-state index in [0.717, 1.165) is 5.56 Å². The molecule has 17 nitrogen and oxygen atoms in total. The predicted molar refractivity (Wildman–Crippen MR) is 241 cm³/mol. The number of amides is 2. The molecule has 2 amide bonds. The normalized spacial score (nSPS) is 42.3. The maximum Gasteiger partial charge on any atom is 0.319 e. The fourth-order valence-electron chi connectivity index (χ4n) is 10.1. The summed E-state index contributed by atoms with van der Waals surface area (Å²) >= 11 is 0. The Bertz CT molecular complexity index is 1650. The molecule has 3 fully saturated rings. The van der Waals surface area contributed by atoms with Crippen molar-refractivity contribution in [1.29, 1.82) is 0 Å². The lowest BCUT2D eigenvalue weighted by Gasteiger charge is -2.48. The van der Waals surface area contributed by atoms with Gasteiger partial charge in [-0.15, -0.1) is 0 Å². The van der Waals surface area contributed by atoms with Crippen molar-refractivity contribution < 1.29 is 63.5 Å². The minimum Gasteiger partial charge on any atom is -0.459 e.